The summed E-state index contributed by atoms with van der Waals surface area (Å²) in [7, 11) is 0. The normalized spacial score (nSPS) is 12.2. The van der Waals surface area contributed by atoms with Gasteiger partial charge in [-0.2, -0.15) is 0 Å². The number of halogens is 2. The second-order valence-electron chi connectivity index (χ2n) is 4.14. The summed E-state index contributed by atoms with van der Waals surface area (Å²) in [5.74, 6) is 0. The van der Waals surface area contributed by atoms with Crippen LogP contribution >= 0.6 is 31.9 Å². The minimum absolute atomic E-state index is 0.205. The molecule has 0 saturated carbocycles. The Morgan fingerprint density at radius 2 is 1.62 bits per heavy atom. The van der Waals surface area contributed by atoms with Crippen molar-refractivity contribution in [2.45, 2.75) is 29.9 Å². The largest absolute Gasteiger partial charge is 0.0949 e. The van der Waals surface area contributed by atoms with Crippen molar-refractivity contribution in [1.29, 1.82) is 0 Å². The molecule has 13 heavy (non-hydrogen) atoms. The molecule has 0 bridgehead atoms. The van der Waals surface area contributed by atoms with Crippen molar-refractivity contribution in [1.82, 2.24) is 0 Å². The Hall–Kier alpha value is 0.180. The monoisotopic (exact) mass is 304 g/mol. The van der Waals surface area contributed by atoms with Gasteiger partial charge in [0.2, 0.25) is 0 Å². The number of hydrogen-bond donors (Lipinski definition) is 0. The Labute approximate surface area is 97.0 Å². The SMILES string of the molecule is CC(C)(C)c1ccccc1C(Br)Br. The first-order chi connectivity index (χ1) is 5.93. The van der Waals surface area contributed by atoms with Crippen LogP contribution in [-0.4, -0.2) is 0 Å². The minimum Gasteiger partial charge on any atom is -0.0712 e. The van der Waals surface area contributed by atoms with E-state index < -0.39 is 0 Å². The molecule has 1 aromatic carbocycles. The van der Waals surface area contributed by atoms with E-state index in [1.165, 1.54) is 11.1 Å². The highest BCUT2D eigenvalue weighted by Gasteiger charge is 2.19. The topological polar surface area (TPSA) is 0 Å². The predicted octanol–water partition coefficient (Wildman–Crippen LogP) is 4.77. The molecular formula is C11H14Br2. The van der Waals surface area contributed by atoms with Crippen LogP contribution in [0.25, 0.3) is 0 Å². The fourth-order valence-corrected chi connectivity index (χ4v) is 2.17. The molecule has 2 heteroatoms. The van der Waals surface area contributed by atoms with E-state index in [0.717, 1.165) is 0 Å². The third-order valence-electron chi connectivity index (χ3n) is 2.00. The zero-order valence-corrected chi connectivity index (χ0v) is 11.3. The van der Waals surface area contributed by atoms with E-state index in [1.807, 2.05) is 0 Å². The Balaban J connectivity index is 3.20. The number of hydrogen-bond acceptors (Lipinski definition) is 0. The van der Waals surface area contributed by atoms with Crippen LogP contribution in [0, 0.1) is 0 Å². The van der Waals surface area contributed by atoms with Gasteiger partial charge in [-0.15, -0.1) is 0 Å². The van der Waals surface area contributed by atoms with Gasteiger partial charge < -0.3 is 0 Å². The molecule has 0 saturated heterocycles. The van der Waals surface area contributed by atoms with E-state index in [1.54, 1.807) is 0 Å². The maximum atomic E-state index is 3.54. The van der Waals surface area contributed by atoms with Gasteiger partial charge in [-0.25, -0.2) is 0 Å². The third-order valence-corrected chi connectivity index (χ3v) is 2.99. The van der Waals surface area contributed by atoms with E-state index in [9.17, 15) is 0 Å². The molecule has 72 valence electrons. The van der Waals surface area contributed by atoms with Crippen LogP contribution in [0.3, 0.4) is 0 Å². The standard InChI is InChI=1S/C11H14Br2/c1-11(2,3)9-7-5-4-6-8(9)10(12)13/h4-7,10H,1-3H3. The predicted molar refractivity (Wildman–Crippen MR) is 65.7 cm³/mol. The summed E-state index contributed by atoms with van der Waals surface area (Å²) < 4.78 is 0.246. The van der Waals surface area contributed by atoms with Crippen LogP contribution in [0.2, 0.25) is 0 Å². The maximum Gasteiger partial charge on any atom is 0.0949 e. The van der Waals surface area contributed by atoms with Crippen molar-refractivity contribution < 1.29 is 0 Å². The van der Waals surface area contributed by atoms with Gasteiger partial charge in [0.1, 0.15) is 0 Å². The summed E-state index contributed by atoms with van der Waals surface area (Å²) in [5, 5.41) is 0. The van der Waals surface area contributed by atoms with E-state index in [2.05, 4.69) is 76.9 Å². The van der Waals surface area contributed by atoms with Gasteiger partial charge >= 0.3 is 0 Å². The highest BCUT2D eigenvalue weighted by atomic mass is 79.9. The first kappa shape index (κ1) is 11.3. The van der Waals surface area contributed by atoms with Gasteiger partial charge in [0.25, 0.3) is 0 Å². The quantitative estimate of drug-likeness (QED) is 0.655. The molecule has 0 atom stereocenters. The fourth-order valence-electron chi connectivity index (χ4n) is 1.37. The molecule has 0 aromatic heterocycles. The molecule has 0 unspecified atom stereocenters. The zero-order valence-electron chi connectivity index (χ0n) is 8.14. The average molecular weight is 306 g/mol. The van der Waals surface area contributed by atoms with Gasteiger partial charge in [0, 0.05) is 0 Å². The lowest BCUT2D eigenvalue weighted by molar-refractivity contribution is 0.585. The summed E-state index contributed by atoms with van der Waals surface area (Å²) in [4.78, 5) is 0. The van der Waals surface area contributed by atoms with E-state index >= 15 is 0 Å². The van der Waals surface area contributed by atoms with E-state index in [0.29, 0.717) is 0 Å². The van der Waals surface area contributed by atoms with Gasteiger partial charge in [0.05, 0.1) is 3.74 Å². The van der Waals surface area contributed by atoms with Gasteiger partial charge in [-0.1, -0.05) is 76.9 Å². The van der Waals surface area contributed by atoms with Crippen LogP contribution in [-0.2, 0) is 5.41 Å². The molecule has 0 amide bonds. The lowest BCUT2D eigenvalue weighted by Crippen LogP contribution is -2.13. The van der Waals surface area contributed by atoms with Gasteiger partial charge in [-0.3, -0.25) is 0 Å². The van der Waals surface area contributed by atoms with Gasteiger partial charge in [0.15, 0.2) is 0 Å². The molecule has 0 aliphatic rings. The summed E-state index contributed by atoms with van der Waals surface area (Å²) in [6.45, 7) is 6.69. The number of rotatable bonds is 1. The molecule has 1 aromatic rings. The molecule has 0 nitrogen and oxygen atoms in total. The smallest absolute Gasteiger partial charge is 0.0712 e. The minimum atomic E-state index is 0.205. The molecule has 0 heterocycles. The second-order valence-corrected chi connectivity index (χ2v) is 7.20. The molecule has 0 fully saturated rings. The third kappa shape index (κ3) is 2.81. The first-order valence-corrected chi connectivity index (χ1v) is 6.13. The Bertz CT molecular complexity index is 284. The van der Waals surface area contributed by atoms with E-state index in [4.69, 9.17) is 0 Å². The number of alkyl halides is 2. The Morgan fingerprint density at radius 3 is 2.00 bits per heavy atom. The lowest BCUT2D eigenvalue weighted by Gasteiger charge is -2.23. The summed E-state index contributed by atoms with van der Waals surface area (Å²) in [6.07, 6.45) is 0. The Morgan fingerprint density at radius 1 is 1.08 bits per heavy atom. The molecule has 1 rings (SSSR count). The Kier molecular flexibility index (Phi) is 3.58. The zero-order chi connectivity index (χ0) is 10.1. The molecule has 0 aliphatic carbocycles. The van der Waals surface area contributed by atoms with Crippen LogP contribution < -0.4 is 0 Å². The van der Waals surface area contributed by atoms with E-state index in [-0.39, 0.29) is 9.15 Å². The lowest BCUT2D eigenvalue weighted by atomic mass is 9.84. The molecular weight excluding hydrogens is 292 g/mol. The van der Waals surface area contributed by atoms with Gasteiger partial charge in [-0.05, 0) is 16.5 Å². The van der Waals surface area contributed by atoms with Crippen LogP contribution in [0.1, 0.15) is 35.6 Å². The van der Waals surface area contributed by atoms with Crippen molar-refractivity contribution in [2.75, 3.05) is 0 Å². The van der Waals surface area contributed by atoms with Crippen molar-refractivity contribution in [2.24, 2.45) is 0 Å². The highest BCUT2D eigenvalue weighted by Crippen LogP contribution is 2.36. The fraction of sp³-hybridized carbons (Fsp3) is 0.455. The molecule has 0 radical (unpaired) electrons. The first-order valence-electron chi connectivity index (χ1n) is 4.30. The molecule has 0 spiro atoms. The summed E-state index contributed by atoms with van der Waals surface area (Å²) in [5.41, 5.74) is 2.90. The molecule has 0 aliphatic heterocycles. The van der Waals surface area contributed by atoms with Crippen LogP contribution in [0.15, 0.2) is 24.3 Å². The van der Waals surface area contributed by atoms with Crippen molar-refractivity contribution in [3.8, 4) is 0 Å². The summed E-state index contributed by atoms with van der Waals surface area (Å²) >= 11 is 7.08. The molecule has 0 N–H and O–H groups in total. The highest BCUT2D eigenvalue weighted by molar-refractivity contribution is 9.24. The van der Waals surface area contributed by atoms with Crippen molar-refractivity contribution >= 4 is 31.9 Å². The average Bonchev–Trinajstić information content (AvgIpc) is 2.03. The maximum absolute atomic E-state index is 3.54. The number of benzene rings is 1. The van der Waals surface area contributed by atoms with Crippen molar-refractivity contribution in [3.63, 3.8) is 0 Å². The second kappa shape index (κ2) is 4.14. The van der Waals surface area contributed by atoms with Crippen LogP contribution in [0.5, 0.6) is 0 Å². The van der Waals surface area contributed by atoms with Crippen molar-refractivity contribution in [3.05, 3.63) is 35.4 Å². The van der Waals surface area contributed by atoms with Crippen LogP contribution in [0.4, 0.5) is 0 Å². The summed E-state index contributed by atoms with van der Waals surface area (Å²) in [6, 6.07) is 8.49.